The molecule has 19 heavy (non-hydrogen) atoms. The van der Waals surface area contributed by atoms with Crippen LogP contribution in [-0.4, -0.2) is 29.4 Å². The topological polar surface area (TPSA) is 70.1 Å². The fourth-order valence-corrected chi connectivity index (χ4v) is 1.87. The van der Waals surface area contributed by atoms with Crippen molar-refractivity contribution in [2.24, 2.45) is 5.73 Å². The molecule has 2 N–H and O–H groups in total. The van der Waals surface area contributed by atoms with Gasteiger partial charge in [0.05, 0.1) is 24.9 Å². The zero-order chi connectivity index (χ0) is 13.7. The Morgan fingerprint density at radius 1 is 1.42 bits per heavy atom. The van der Waals surface area contributed by atoms with Crippen LogP contribution in [0.4, 0.5) is 0 Å². The van der Waals surface area contributed by atoms with Crippen molar-refractivity contribution in [2.45, 2.75) is 13.0 Å². The summed E-state index contributed by atoms with van der Waals surface area (Å²) in [5, 5.41) is 4.12. The molecule has 0 bridgehead atoms. The molecule has 0 aliphatic carbocycles. The predicted molar refractivity (Wildman–Crippen MR) is 71.9 cm³/mol. The third kappa shape index (κ3) is 3.66. The minimum atomic E-state index is -0.458. The van der Waals surface area contributed by atoms with E-state index in [1.807, 2.05) is 12.1 Å². The number of amides is 1. The van der Waals surface area contributed by atoms with Gasteiger partial charge in [0, 0.05) is 13.3 Å². The summed E-state index contributed by atoms with van der Waals surface area (Å²) in [7, 11) is 1.69. The van der Waals surface area contributed by atoms with Gasteiger partial charge < -0.3 is 10.5 Å². The Kier molecular flexibility index (Phi) is 4.30. The van der Waals surface area contributed by atoms with Gasteiger partial charge in [0.15, 0.2) is 0 Å². The van der Waals surface area contributed by atoms with Crippen LogP contribution in [0.5, 0.6) is 0 Å². The second-order valence-electron chi connectivity index (χ2n) is 4.35. The molecule has 1 aromatic carbocycles. The van der Waals surface area contributed by atoms with Crippen molar-refractivity contribution in [3.63, 3.8) is 0 Å². The average Bonchev–Trinajstić information content (AvgIpc) is 2.85. The van der Waals surface area contributed by atoms with E-state index in [4.69, 9.17) is 10.5 Å². The molecule has 0 spiro atoms. The van der Waals surface area contributed by atoms with Crippen LogP contribution in [0.25, 0.3) is 0 Å². The van der Waals surface area contributed by atoms with Crippen LogP contribution in [0.2, 0.25) is 0 Å². The minimum absolute atomic E-state index is 0.426. The lowest BCUT2D eigenvalue weighted by Crippen LogP contribution is -2.09. The smallest absolute Gasteiger partial charge is 0.251 e. The van der Waals surface area contributed by atoms with Gasteiger partial charge in [-0.3, -0.25) is 9.48 Å². The SMILES string of the molecule is COCCc1cccc(Cn2cc(C(N)=O)cn2)c1. The van der Waals surface area contributed by atoms with Crippen molar-refractivity contribution >= 4 is 5.91 Å². The van der Waals surface area contributed by atoms with Crippen LogP contribution in [0.15, 0.2) is 36.7 Å². The first-order valence-electron chi connectivity index (χ1n) is 6.08. The molecule has 2 rings (SSSR count). The Morgan fingerprint density at radius 3 is 2.89 bits per heavy atom. The fourth-order valence-electron chi connectivity index (χ4n) is 1.87. The number of primary amides is 1. The molecular weight excluding hydrogens is 242 g/mol. The summed E-state index contributed by atoms with van der Waals surface area (Å²) in [6.45, 7) is 1.32. The molecule has 1 aromatic heterocycles. The Morgan fingerprint density at radius 2 is 2.21 bits per heavy atom. The van der Waals surface area contributed by atoms with Gasteiger partial charge in [-0.1, -0.05) is 24.3 Å². The molecular formula is C14H17N3O2. The number of hydrogen-bond donors (Lipinski definition) is 1. The number of nitrogens with two attached hydrogens (primary N) is 1. The maximum absolute atomic E-state index is 11.0. The van der Waals surface area contributed by atoms with Gasteiger partial charge >= 0.3 is 0 Å². The zero-order valence-electron chi connectivity index (χ0n) is 10.9. The first kappa shape index (κ1) is 13.3. The number of rotatable bonds is 6. The van der Waals surface area contributed by atoms with Gasteiger partial charge in [-0.15, -0.1) is 0 Å². The zero-order valence-corrected chi connectivity index (χ0v) is 10.9. The lowest BCUT2D eigenvalue weighted by molar-refractivity contribution is 0.1000. The highest BCUT2D eigenvalue weighted by Crippen LogP contribution is 2.08. The van der Waals surface area contributed by atoms with E-state index < -0.39 is 5.91 Å². The molecule has 0 saturated heterocycles. The van der Waals surface area contributed by atoms with Crippen LogP contribution in [-0.2, 0) is 17.7 Å². The van der Waals surface area contributed by atoms with Gasteiger partial charge in [-0.25, -0.2) is 0 Å². The minimum Gasteiger partial charge on any atom is -0.384 e. The number of ether oxygens (including phenoxy) is 1. The number of methoxy groups -OCH3 is 1. The summed E-state index contributed by atoms with van der Waals surface area (Å²) in [6, 6.07) is 8.23. The fraction of sp³-hybridized carbons (Fsp3) is 0.286. The molecule has 0 unspecified atom stereocenters. The predicted octanol–water partition coefficient (Wildman–Crippen LogP) is 1.22. The number of carbonyl (C=O) groups excluding carboxylic acids is 1. The highest BCUT2D eigenvalue weighted by Gasteiger charge is 2.04. The summed E-state index contributed by atoms with van der Waals surface area (Å²) in [5.74, 6) is -0.458. The van der Waals surface area contributed by atoms with Gasteiger partial charge in [-0.2, -0.15) is 5.10 Å². The van der Waals surface area contributed by atoms with Crippen molar-refractivity contribution in [2.75, 3.05) is 13.7 Å². The van der Waals surface area contributed by atoms with E-state index in [0.29, 0.717) is 18.7 Å². The largest absolute Gasteiger partial charge is 0.384 e. The van der Waals surface area contributed by atoms with Crippen molar-refractivity contribution in [1.29, 1.82) is 0 Å². The maximum atomic E-state index is 11.0. The lowest BCUT2D eigenvalue weighted by atomic mass is 10.1. The summed E-state index contributed by atoms with van der Waals surface area (Å²) in [6.07, 6.45) is 4.03. The Balaban J connectivity index is 2.07. The quantitative estimate of drug-likeness (QED) is 0.848. The van der Waals surface area contributed by atoms with E-state index in [9.17, 15) is 4.79 Å². The van der Waals surface area contributed by atoms with Crippen molar-refractivity contribution in [3.05, 3.63) is 53.3 Å². The van der Waals surface area contributed by atoms with Crippen molar-refractivity contribution < 1.29 is 9.53 Å². The molecule has 0 aliphatic rings. The number of nitrogens with zero attached hydrogens (tertiary/aromatic N) is 2. The van der Waals surface area contributed by atoms with Gasteiger partial charge in [-0.05, 0) is 17.5 Å². The van der Waals surface area contributed by atoms with Gasteiger partial charge in [0.2, 0.25) is 0 Å². The van der Waals surface area contributed by atoms with E-state index in [-0.39, 0.29) is 0 Å². The number of aromatic nitrogens is 2. The normalized spacial score (nSPS) is 10.6. The molecule has 1 amide bonds. The first-order valence-corrected chi connectivity index (χ1v) is 6.08. The summed E-state index contributed by atoms with van der Waals surface area (Å²) in [5.41, 5.74) is 7.98. The molecule has 0 radical (unpaired) electrons. The Bertz CT molecular complexity index is 563. The molecule has 0 atom stereocenters. The van der Waals surface area contributed by atoms with Crippen LogP contribution in [0, 0.1) is 0 Å². The Hall–Kier alpha value is -2.14. The molecule has 5 heteroatoms. The third-order valence-electron chi connectivity index (χ3n) is 2.85. The number of carbonyl (C=O) groups is 1. The van der Waals surface area contributed by atoms with Gasteiger partial charge in [0.25, 0.3) is 5.91 Å². The highest BCUT2D eigenvalue weighted by atomic mass is 16.5. The lowest BCUT2D eigenvalue weighted by Gasteiger charge is -2.05. The molecule has 1 heterocycles. The maximum Gasteiger partial charge on any atom is 0.251 e. The summed E-state index contributed by atoms with van der Waals surface area (Å²) < 4.78 is 6.77. The molecule has 0 aliphatic heterocycles. The van der Waals surface area contributed by atoms with Crippen LogP contribution in [0.3, 0.4) is 0 Å². The van der Waals surface area contributed by atoms with Crippen LogP contribution < -0.4 is 5.73 Å². The number of benzene rings is 1. The number of hydrogen-bond acceptors (Lipinski definition) is 3. The monoisotopic (exact) mass is 259 g/mol. The van der Waals surface area contributed by atoms with Crippen LogP contribution in [0.1, 0.15) is 21.5 Å². The van der Waals surface area contributed by atoms with Crippen molar-refractivity contribution in [3.8, 4) is 0 Å². The van der Waals surface area contributed by atoms with E-state index in [1.165, 1.54) is 11.8 Å². The highest BCUT2D eigenvalue weighted by molar-refractivity contribution is 5.92. The van der Waals surface area contributed by atoms with Gasteiger partial charge in [0.1, 0.15) is 0 Å². The molecule has 2 aromatic rings. The average molecular weight is 259 g/mol. The summed E-state index contributed by atoms with van der Waals surface area (Å²) >= 11 is 0. The van der Waals surface area contributed by atoms with Crippen molar-refractivity contribution in [1.82, 2.24) is 9.78 Å². The molecule has 0 saturated carbocycles. The second-order valence-corrected chi connectivity index (χ2v) is 4.35. The summed E-state index contributed by atoms with van der Waals surface area (Å²) in [4.78, 5) is 11.0. The second kappa shape index (κ2) is 6.15. The standard InChI is InChI=1S/C14H17N3O2/c1-19-6-5-11-3-2-4-12(7-11)9-17-10-13(8-16-17)14(15)18/h2-4,7-8,10H,5-6,9H2,1H3,(H2,15,18). The van der Waals surface area contributed by atoms with E-state index in [0.717, 1.165) is 12.0 Å². The molecule has 5 nitrogen and oxygen atoms in total. The molecule has 0 fully saturated rings. The third-order valence-corrected chi connectivity index (χ3v) is 2.85. The van der Waals surface area contributed by atoms with E-state index in [1.54, 1.807) is 18.0 Å². The van der Waals surface area contributed by atoms with E-state index >= 15 is 0 Å². The van der Waals surface area contributed by atoms with E-state index in [2.05, 4.69) is 17.2 Å². The first-order chi connectivity index (χ1) is 9.19. The Labute approximate surface area is 112 Å². The van der Waals surface area contributed by atoms with Crippen LogP contribution >= 0.6 is 0 Å². The molecule has 100 valence electrons.